The van der Waals surface area contributed by atoms with Crippen molar-refractivity contribution in [2.45, 2.75) is 51.7 Å². The number of ether oxygens (including phenoxy) is 1. The summed E-state index contributed by atoms with van der Waals surface area (Å²) in [6.45, 7) is 12.8. The van der Waals surface area contributed by atoms with Gasteiger partial charge in [-0.2, -0.15) is 5.26 Å². The highest BCUT2D eigenvalue weighted by Crippen LogP contribution is 2.40. The first-order valence-corrected chi connectivity index (χ1v) is 15.1. The number of hydrogen-bond acceptors (Lipinski definition) is 7. The van der Waals surface area contributed by atoms with E-state index < -0.39 is 0 Å². The number of nitriles is 1. The minimum atomic E-state index is -0.0514. The van der Waals surface area contributed by atoms with Gasteiger partial charge in [0.05, 0.1) is 17.9 Å². The third-order valence-corrected chi connectivity index (χ3v) is 9.32. The highest BCUT2D eigenvalue weighted by Gasteiger charge is 2.34. The molecule has 8 nitrogen and oxygen atoms in total. The molecule has 218 valence electrons. The van der Waals surface area contributed by atoms with E-state index in [1.807, 2.05) is 4.90 Å². The summed E-state index contributed by atoms with van der Waals surface area (Å²) in [5, 5.41) is 13.0. The average molecular weight is 565 g/mol. The Hall–Kier alpha value is -4.09. The third kappa shape index (κ3) is 5.07. The van der Waals surface area contributed by atoms with E-state index in [-0.39, 0.29) is 11.9 Å². The first kappa shape index (κ1) is 28.0. The molecule has 1 aromatic heterocycles. The van der Waals surface area contributed by atoms with Gasteiger partial charge in [-0.25, -0.2) is 4.98 Å². The summed E-state index contributed by atoms with van der Waals surface area (Å²) in [6, 6.07) is 15.8. The summed E-state index contributed by atoms with van der Waals surface area (Å²) >= 11 is 0. The van der Waals surface area contributed by atoms with Crippen LogP contribution in [-0.2, 0) is 17.8 Å². The molecule has 3 aromatic rings. The number of hydrogen-bond donors (Lipinski definition) is 0. The highest BCUT2D eigenvalue weighted by atomic mass is 16.5. The van der Waals surface area contributed by atoms with Gasteiger partial charge >= 0.3 is 0 Å². The van der Waals surface area contributed by atoms with E-state index in [0.717, 1.165) is 49.3 Å². The van der Waals surface area contributed by atoms with E-state index in [0.29, 0.717) is 50.3 Å². The summed E-state index contributed by atoms with van der Waals surface area (Å²) in [5.74, 6) is 0.379. The lowest BCUT2D eigenvalue weighted by molar-refractivity contribution is -0.126. The second-order valence-electron chi connectivity index (χ2n) is 11.9. The molecule has 8 heteroatoms. The van der Waals surface area contributed by atoms with E-state index in [4.69, 9.17) is 9.72 Å². The number of likely N-dealkylation sites (tertiary alicyclic amines) is 1. The first-order valence-electron chi connectivity index (χ1n) is 15.1. The summed E-state index contributed by atoms with van der Waals surface area (Å²) in [5.41, 5.74) is 6.01. The first-order chi connectivity index (χ1) is 20.4. The minimum Gasteiger partial charge on any atom is -0.475 e. The predicted octanol–water partition coefficient (Wildman–Crippen LogP) is 4.67. The van der Waals surface area contributed by atoms with Crippen molar-refractivity contribution in [3.8, 4) is 11.9 Å². The van der Waals surface area contributed by atoms with Crippen LogP contribution in [0.3, 0.4) is 0 Å². The molecule has 4 heterocycles. The molecule has 0 bridgehead atoms. The van der Waals surface area contributed by atoms with E-state index >= 15 is 0 Å². The lowest BCUT2D eigenvalue weighted by atomic mass is 9.95. The molecule has 0 spiro atoms. The van der Waals surface area contributed by atoms with Gasteiger partial charge < -0.3 is 24.3 Å². The van der Waals surface area contributed by atoms with Crippen molar-refractivity contribution in [1.82, 2.24) is 14.8 Å². The highest BCUT2D eigenvalue weighted by molar-refractivity contribution is 5.97. The Labute approximate surface area is 248 Å². The van der Waals surface area contributed by atoms with Crippen LogP contribution in [0.1, 0.15) is 42.1 Å². The Morgan fingerprint density at radius 3 is 2.71 bits per heavy atom. The molecular formula is C34H40N6O2. The largest absolute Gasteiger partial charge is 0.475 e. The third-order valence-electron chi connectivity index (χ3n) is 9.32. The number of piperazine rings is 1. The lowest BCUT2D eigenvalue weighted by Gasteiger charge is -2.43. The Balaban J connectivity index is 1.40. The van der Waals surface area contributed by atoms with Crippen molar-refractivity contribution in [1.29, 1.82) is 5.26 Å². The average Bonchev–Trinajstić information content (AvgIpc) is 3.42. The van der Waals surface area contributed by atoms with Crippen LogP contribution in [0.5, 0.6) is 5.88 Å². The van der Waals surface area contributed by atoms with Gasteiger partial charge in [0.25, 0.3) is 0 Å². The van der Waals surface area contributed by atoms with Crippen LogP contribution in [0, 0.1) is 18.3 Å². The van der Waals surface area contributed by atoms with Gasteiger partial charge in [-0.1, -0.05) is 36.9 Å². The molecule has 0 aliphatic carbocycles. The van der Waals surface area contributed by atoms with Crippen LogP contribution >= 0.6 is 0 Å². The zero-order valence-electron chi connectivity index (χ0n) is 25.0. The summed E-state index contributed by atoms with van der Waals surface area (Å²) in [7, 11) is 2.13. The van der Waals surface area contributed by atoms with E-state index in [1.165, 1.54) is 28.1 Å². The van der Waals surface area contributed by atoms with Gasteiger partial charge in [0.15, 0.2) is 0 Å². The Morgan fingerprint density at radius 1 is 1.19 bits per heavy atom. The van der Waals surface area contributed by atoms with Crippen LogP contribution in [-0.4, -0.2) is 79.2 Å². The molecule has 0 N–H and O–H groups in total. The number of amides is 1. The molecule has 3 aliphatic rings. The number of carbonyl (C=O) groups is 1. The molecule has 0 saturated carbocycles. The smallest absolute Gasteiger partial charge is 0.246 e. The van der Waals surface area contributed by atoms with E-state index in [2.05, 4.69) is 84.6 Å². The summed E-state index contributed by atoms with van der Waals surface area (Å²) in [4.78, 5) is 26.4. The van der Waals surface area contributed by atoms with Crippen molar-refractivity contribution in [3.63, 3.8) is 0 Å². The van der Waals surface area contributed by atoms with Crippen LogP contribution in [0.15, 0.2) is 49.1 Å². The number of benzene rings is 2. The number of aryl methyl sites for hydroxylation is 1. The number of rotatable bonds is 6. The van der Waals surface area contributed by atoms with Crippen LogP contribution in [0.4, 0.5) is 11.4 Å². The van der Waals surface area contributed by atoms with Crippen LogP contribution in [0.2, 0.25) is 0 Å². The zero-order chi connectivity index (χ0) is 29.4. The summed E-state index contributed by atoms with van der Waals surface area (Å²) < 4.78 is 6.42. The Morgan fingerprint density at radius 2 is 2.00 bits per heavy atom. The number of aromatic nitrogens is 1. The second kappa shape index (κ2) is 11.7. The van der Waals surface area contributed by atoms with Crippen LogP contribution < -0.4 is 14.5 Å². The maximum absolute atomic E-state index is 12.4. The zero-order valence-corrected chi connectivity index (χ0v) is 25.0. The summed E-state index contributed by atoms with van der Waals surface area (Å²) in [6.07, 6.45) is 4.40. The molecule has 1 amide bonds. The fourth-order valence-corrected chi connectivity index (χ4v) is 7.02. The SMILES string of the molecule is C=CC(=O)N1CCN(c2c(C#N)c(OC[C@@H]3CCCN3C)nc3c2CCN(c2cccc4cccc(C)c24)C3)[C@@H](C)C1. The number of pyridine rings is 1. The Bertz CT molecular complexity index is 1560. The number of nitrogens with zero attached hydrogens (tertiary/aromatic N) is 6. The standard InChI is InChI=1S/C34H40N6O2/c1-5-31(41)39-17-18-40(24(3)20-39)33-27-14-16-38(30-13-7-11-25-10-6-9-23(2)32(25)30)21-29(27)36-34(28(33)19-35)42-22-26-12-8-15-37(26)4/h5-7,9-11,13,24,26H,1,8,12,14-18,20-22H2,2-4H3/t24-,26-/m0/s1. The minimum absolute atomic E-state index is 0.0359. The molecule has 3 aliphatic heterocycles. The molecular weight excluding hydrogens is 524 g/mol. The Kier molecular flexibility index (Phi) is 7.78. The maximum Gasteiger partial charge on any atom is 0.246 e. The molecule has 6 rings (SSSR count). The van der Waals surface area contributed by atoms with Gasteiger partial charge in [-0.15, -0.1) is 0 Å². The lowest BCUT2D eigenvalue weighted by Crippen LogP contribution is -2.54. The molecule has 2 fully saturated rings. The fourth-order valence-electron chi connectivity index (χ4n) is 7.02. The van der Waals surface area contributed by atoms with Gasteiger partial charge in [0.1, 0.15) is 18.2 Å². The number of likely N-dealkylation sites (N-methyl/N-ethyl adjacent to an activating group) is 1. The quantitative estimate of drug-likeness (QED) is 0.403. The normalized spacial score (nSPS) is 20.9. The monoisotopic (exact) mass is 564 g/mol. The van der Waals surface area contributed by atoms with Crippen molar-refractivity contribution in [2.24, 2.45) is 0 Å². The molecule has 0 unspecified atom stereocenters. The van der Waals surface area contributed by atoms with Gasteiger partial charge in [0, 0.05) is 54.9 Å². The van der Waals surface area contributed by atoms with E-state index in [9.17, 15) is 10.1 Å². The van der Waals surface area contributed by atoms with Crippen LogP contribution in [0.25, 0.3) is 10.8 Å². The molecule has 2 atom stereocenters. The molecule has 2 saturated heterocycles. The molecule has 2 aromatic carbocycles. The fraction of sp³-hybridized carbons (Fsp3) is 0.441. The molecule has 0 radical (unpaired) electrons. The van der Waals surface area contributed by atoms with Crippen molar-refractivity contribution < 1.29 is 9.53 Å². The van der Waals surface area contributed by atoms with Gasteiger partial charge in [-0.3, -0.25) is 4.79 Å². The number of fused-ring (bicyclic) bond motifs is 2. The van der Waals surface area contributed by atoms with Crippen molar-refractivity contribution in [2.75, 3.05) is 56.2 Å². The van der Waals surface area contributed by atoms with Gasteiger partial charge in [0.2, 0.25) is 11.8 Å². The van der Waals surface area contributed by atoms with E-state index in [1.54, 1.807) is 0 Å². The maximum atomic E-state index is 12.4. The molecule has 42 heavy (non-hydrogen) atoms. The van der Waals surface area contributed by atoms with Crippen molar-refractivity contribution in [3.05, 3.63) is 71.4 Å². The second-order valence-corrected chi connectivity index (χ2v) is 11.9. The topological polar surface area (TPSA) is 75.9 Å². The van der Waals surface area contributed by atoms with Crippen molar-refractivity contribution >= 4 is 28.1 Å². The van der Waals surface area contributed by atoms with Gasteiger partial charge in [-0.05, 0) is 69.8 Å². The number of carbonyl (C=O) groups excluding carboxylic acids is 1. The predicted molar refractivity (Wildman–Crippen MR) is 167 cm³/mol. The number of anilines is 2.